The molecule has 0 aliphatic heterocycles. The molecule has 0 heterocycles. The molecule has 0 fully saturated rings. The van der Waals surface area contributed by atoms with Crippen LogP contribution in [-0.2, 0) is 12.7 Å². The maximum Gasteiger partial charge on any atom is 0.416 e. The van der Waals surface area contributed by atoms with E-state index in [0.29, 0.717) is 12.2 Å². The van der Waals surface area contributed by atoms with Crippen molar-refractivity contribution in [3.8, 4) is 0 Å². The van der Waals surface area contributed by atoms with Gasteiger partial charge in [-0.1, -0.05) is 34.1 Å². The molecule has 0 atom stereocenters. The van der Waals surface area contributed by atoms with Crippen LogP contribution in [0, 0.1) is 6.92 Å². The van der Waals surface area contributed by atoms with Crippen LogP contribution in [0.1, 0.15) is 16.7 Å². The zero-order chi connectivity index (χ0) is 14.8. The Hall–Kier alpha value is -1.49. The van der Waals surface area contributed by atoms with E-state index in [1.54, 1.807) is 6.92 Å². The number of halogens is 4. The molecule has 0 aromatic heterocycles. The predicted octanol–water partition coefficient (Wildman–Crippen LogP) is 5.39. The molecule has 2 aromatic carbocycles. The molecule has 2 aromatic rings. The van der Waals surface area contributed by atoms with Crippen LogP contribution in [0.15, 0.2) is 46.9 Å². The van der Waals surface area contributed by atoms with Crippen molar-refractivity contribution in [3.63, 3.8) is 0 Å². The molecule has 0 aliphatic carbocycles. The molecular weight excluding hydrogens is 331 g/mol. The summed E-state index contributed by atoms with van der Waals surface area (Å²) in [6.07, 6.45) is -4.32. The van der Waals surface area contributed by atoms with Gasteiger partial charge < -0.3 is 5.32 Å². The third-order valence-corrected chi connectivity index (χ3v) is 3.49. The van der Waals surface area contributed by atoms with Gasteiger partial charge >= 0.3 is 6.18 Å². The van der Waals surface area contributed by atoms with Crippen LogP contribution < -0.4 is 5.32 Å². The summed E-state index contributed by atoms with van der Waals surface area (Å²) >= 11 is 3.34. The van der Waals surface area contributed by atoms with Crippen molar-refractivity contribution in [1.82, 2.24) is 0 Å². The summed E-state index contributed by atoms with van der Waals surface area (Å²) in [5.74, 6) is 0. The lowest BCUT2D eigenvalue weighted by atomic mass is 10.1. The van der Waals surface area contributed by atoms with Gasteiger partial charge in [0, 0.05) is 16.7 Å². The lowest BCUT2D eigenvalue weighted by molar-refractivity contribution is -0.137. The van der Waals surface area contributed by atoms with Crippen molar-refractivity contribution in [3.05, 3.63) is 63.6 Å². The van der Waals surface area contributed by atoms with Gasteiger partial charge in [0.25, 0.3) is 0 Å². The largest absolute Gasteiger partial charge is 0.416 e. The molecule has 5 heteroatoms. The number of aryl methyl sites for hydroxylation is 1. The first kappa shape index (κ1) is 14.9. The number of benzene rings is 2. The molecule has 0 radical (unpaired) electrons. The lowest BCUT2D eigenvalue weighted by Gasteiger charge is -2.13. The van der Waals surface area contributed by atoms with Crippen LogP contribution >= 0.6 is 15.9 Å². The molecule has 0 amide bonds. The van der Waals surface area contributed by atoms with E-state index in [9.17, 15) is 13.2 Å². The highest BCUT2D eigenvalue weighted by Crippen LogP contribution is 2.32. The number of alkyl halides is 3. The second-order valence-electron chi connectivity index (χ2n) is 4.51. The van der Waals surface area contributed by atoms with Gasteiger partial charge in [-0.2, -0.15) is 13.2 Å². The maximum atomic E-state index is 12.7. The van der Waals surface area contributed by atoms with E-state index in [4.69, 9.17) is 0 Å². The van der Waals surface area contributed by atoms with Crippen LogP contribution in [0.25, 0.3) is 0 Å². The zero-order valence-electron chi connectivity index (χ0n) is 10.8. The standard InChI is InChI=1S/C15H13BrF3N/c1-10-2-5-12(15(17,18)19)8-14(10)20-9-11-3-6-13(16)7-4-11/h2-8,20H,9H2,1H3. The highest BCUT2D eigenvalue weighted by molar-refractivity contribution is 9.10. The fourth-order valence-electron chi connectivity index (χ4n) is 1.79. The topological polar surface area (TPSA) is 12.0 Å². The first-order chi connectivity index (χ1) is 9.36. The Morgan fingerprint density at radius 2 is 1.70 bits per heavy atom. The van der Waals surface area contributed by atoms with E-state index in [2.05, 4.69) is 21.2 Å². The van der Waals surface area contributed by atoms with Crippen molar-refractivity contribution >= 4 is 21.6 Å². The van der Waals surface area contributed by atoms with Gasteiger partial charge in [0.1, 0.15) is 0 Å². The Morgan fingerprint density at radius 1 is 1.05 bits per heavy atom. The minimum atomic E-state index is -4.32. The van der Waals surface area contributed by atoms with Crippen molar-refractivity contribution in [2.24, 2.45) is 0 Å². The molecule has 1 N–H and O–H groups in total. The van der Waals surface area contributed by atoms with Crippen molar-refractivity contribution in [2.45, 2.75) is 19.6 Å². The Morgan fingerprint density at radius 3 is 2.30 bits per heavy atom. The van der Waals surface area contributed by atoms with Gasteiger partial charge in [-0.25, -0.2) is 0 Å². The molecule has 106 valence electrons. The second kappa shape index (κ2) is 5.87. The van der Waals surface area contributed by atoms with Gasteiger partial charge in [0.15, 0.2) is 0 Å². The molecule has 1 nitrogen and oxygen atoms in total. The van der Waals surface area contributed by atoms with Crippen LogP contribution in [-0.4, -0.2) is 0 Å². The van der Waals surface area contributed by atoms with Crippen LogP contribution in [0.4, 0.5) is 18.9 Å². The number of hydrogen-bond acceptors (Lipinski definition) is 1. The third-order valence-electron chi connectivity index (χ3n) is 2.96. The average Bonchev–Trinajstić information content (AvgIpc) is 2.38. The van der Waals surface area contributed by atoms with E-state index in [0.717, 1.165) is 27.7 Å². The number of nitrogens with one attached hydrogen (secondary N) is 1. The minimum absolute atomic E-state index is 0.482. The van der Waals surface area contributed by atoms with Gasteiger partial charge in [0.05, 0.1) is 5.56 Å². The first-order valence-electron chi connectivity index (χ1n) is 6.02. The monoisotopic (exact) mass is 343 g/mol. The maximum absolute atomic E-state index is 12.7. The minimum Gasteiger partial charge on any atom is -0.381 e. The molecular formula is C15H13BrF3N. The van der Waals surface area contributed by atoms with E-state index in [-0.39, 0.29) is 0 Å². The molecule has 0 unspecified atom stereocenters. The van der Waals surface area contributed by atoms with Gasteiger partial charge in [-0.3, -0.25) is 0 Å². The highest BCUT2D eigenvalue weighted by atomic mass is 79.9. The Balaban J connectivity index is 2.14. The van der Waals surface area contributed by atoms with E-state index in [1.165, 1.54) is 6.07 Å². The number of hydrogen-bond donors (Lipinski definition) is 1. The van der Waals surface area contributed by atoms with E-state index < -0.39 is 11.7 Å². The Kier molecular flexibility index (Phi) is 4.38. The van der Waals surface area contributed by atoms with Crippen molar-refractivity contribution < 1.29 is 13.2 Å². The fourth-order valence-corrected chi connectivity index (χ4v) is 2.05. The SMILES string of the molecule is Cc1ccc(C(F)(F)F)cc1NCc1ccc(Br)cc1. The summed E-state index contributed by atoms with van der Waals surface area (Å²) in [4.78, 5) is 0. The quantitative estimate of drug-likeness (QED) is 0.787. The van der Waals surface area contributed by atoms with Gasteiger partial charge in [-0.05, 0) is 42.3 Å². The summed E-state index contributed by atoms with van der Waals surface area (Å²) in [6, 6.07) is 11.4. The predicted molar refractivity (Wildman–Crippen MR) is 77.6 cm³/mol. The number of rotatable bonds is 3. The van der Waals surface area contributed by atoms with Gasteiger partial charge in [0.2, 0.25) is 0 Å². The molecule has 20 heavy (non-hydrogen) atoms. The summed E-state index contributed by atoms with van der Waals surface area (Å²) < 4.78 is 39.0. The van der Waals surface area contributed by atoms with Gasteiger partial charge in [-0.15, -0.1) is 0 Å². The molecule has 0 saturated heterocycles. The molecule has 0 saturated carbocycles. The number of anilines is 1. The summed E-state index contributed by atoms with van der Waals surface area (Å²) in [5, 5.41) is 3.05. The van der Waals surface area contributed by atoms with Crippen LogP contribution in [0.2, 0.25) is 0 Å². The second-order valence-corrected chi connectivity index (χ2v) is 5.42. The molecule has 2 rings (SSSR count). The fraction of sp³-hybridized carbons (Fsp3) is 0.200. The Labute approximate surface area is 123 Å². The van der Waals surface area contributed by atoms with Crippen molar-refractivity contribution in [1.29, 1.82) is 0 Å². The summed E-state index contributed by atoms with van der Waals surface area (Å²) in [7, 11) is 0. The normalized spacial score (nSPS) is 11.4. The zero-order valence-corrected chi connectivity index (χ0v) is 12.3. The smallest absolute Gasteiger partial charge is 0.381 e. The summed E-state index contributed by atoms with van der Waals surface area (Å²) in [6.45, 7) is 2.26. The third kappa shape index (κ3) is 3.76. The molecule has 0 spiro atoms. The van der Waals surface area contributed by atoms with Crippen LogP contribution in [0.5, 0.6) is 0 Å². The van der Waals surface area contributed by atoms with Crippen LogP contribution in [0.3, 0.4) is 0 Å². The van der Waals surface area contributed by atoms with E-state index >= 15 is 0 Å². The lowest BCUT2D eigenvalue weighted by Crippen LogP contribution is -2.07. The first-order valence-corrected chi connectivity index (χ1v) is 6.82. The summed E-state index contributed by atoms with van der Waals surface area (Å²) in [5.41, 5.74) is 1.66. The molecule has 0 aliphatic rings. The highest BCUT2D eigenvalue weighted by Gasteiger charge is 2.30. The average molecular weight is 344 g/mol. The van der Waals surface area contributed by atoms with Crippen molar-refractivity contribution in [2.75, 3.05) is 5.32 Å². The molecule has 0 bridgehead atoms. The van der Waals surface area contributed by atoms with E-state index in [1.807, 2.05) is 24.3 Å². The Bertz CT molecular complexity index is 591.